The molecule has 1 amide bonds. The normalized spacial score (nSPS) is 12.6. The number of ether oxygens (including phenoxy) is 1. The maximum atomic E-state index is 12.2. The molecule has 0 aliphatic heterocycles. The Labute approximate surface area is 181 Å². The second kappa shape index (κ2) is 10.3. The predicted octanol–water partition coefficient (Wildman–Crippen LogP) is 4.28. The molecule has 2 rings (SSSR count). The summed E-state index contributed by atoms with van der Waals surface area (Å²) in [6.45, 7) is 2.18. The minimum absolute atomic E-state index is 0.122. The molecular weight excluding hydrogens is 435 g/mol. The molecule has 0 aliphatic carbocycles. The van der Waals surface area contributed by atoms with Crippen molar-refractivity contribution in [3.63, 3.8) is 0 Å². The van der Waals surface area contributed by atoms with E-state index in [1.54, 1.807) is 30.3 Å². The van der Waals surface area contributed by atoms with Crippen LogP contribution < -0.4 is 10.1 Å². The molecule has 29 heavy (non-hydrogen) atoms. The molecule has 0 aliphatic rings. The molecule has 1 atom stereocenters. The van der Waals surface area contributed by atoms with Crippen molar-refractivity contribution in [3.05, 3.63) is 58.1 Å². The van der Waals surface area contributed by atoms with Crippen LogP contribution in [-0.4, -0.2) is 39.3 Å². The van der Waals surface area contributed by atoms with E-state index in [1.807, 2.05) is 6.92 Å². The summed E-state index contributed by atoms with van der Waals surface area (Å²) in [6.07, 6.45) is 0.803. The van der Waals surface area contributed by atoms with Crippen molar-refractivity contribution < 1.29 is 17.9 Å². The zero-order chi connectivity index (χ0) is 21.6. The number of carbonyl (C=O) groups is 1. The van der Waals surface area contributed by atoms with Crippen LogP contribution in [0.5, 0.6) is 5.75 Å². The highest BCUT2D eigenvalue weighted by molar-refractivity contribution is 7.89. The van der Waals surface area contributed by atoms with Crippen molar-refractivity contribution in [2.75, 3.05) is 20.7 Å². The van der Waals surface area contributed by atoms with E-state index in [2.05, 4.69) is 5.32 Å². The summed E-state index contributed by atoms with van der Waals surface area (Å²) in [4.78, 5) is 12.4. The van der Waals surface area contributed by atoms with E-state index in [-0.39, 0.29) is 23.3 Å². The maximum Gasteiger partial charge on any atom is 0.242 e. The van der Waals surface area contributed by atoms with Crippen molar-refractivity contribution in [2.45, 2.75) is 30.7 Å². The van der Waals surface area contributed by atoms with Gasteiger partial charge in [-0.2, -0.15) is 0 Å². The van der Waals surface area contributed by atoms with Gasteiger partial charge in [0.1, 0.15) is 10.8 Å². The number of amides is 1. The average Bonchev–Trinajstić information content (AvgIpc) is 2.68. The molecule has 0 aromatic heterocycles. The van der Waals surface area contributed by atoms with Crippen molar-refractivity contribution in [2.24, 2.45) is 0 Å². The minimum Gasteiger partial charge on any atom is -0.492 e. The van der Waals surface area contributed by atoms with Crippen molar-refractivity contribution in [1.82, 2.24) is 9.62 Å². The second-order valence-corrected chi connectivity index (χ2v) is 9.59. The summed E-state index contributed by atoms with van der Waals surface area (Å²) >= 11 is 12.0. The molecule has 0 fully saturated rings. The summed E-state index contributed by atoms with van der Waals surface area (Å²) in [5.41, 5.74) is 0.818. The molecule has 0 radical (unpaired) electrons. The van der Waals surface area contributed by atoms with Crippen LogP contribution in [0, 0.1) is 0 Å². The summed E-state index contributed by atoms with van der Waals surface area (Å²) in [5.74, 6) is 0.365. The Morgan fingerprint density at radius 3 is 2.41 bits per heavy atom. The highest BCUT2D eigenvalue weighted by atomic mass is 35.5. The lowest BCUT2D eigenvalue weighted by Crippen LogP contribution is -2.27. The summed E-state index contributed by atoms with van der Waals surface area (Å²) in [6, 6.07) is 11.4. The van der Waals surface area contributed by atoms with Gasteiger partial charge in [0, 0.05) is 20.5 Å². The van der Waals surface area contributed by atoms with Gasteiger partial charge in [-0.25, -0.2) is 12.7 Å². The largest absolute Gasteiger partial charge is 0.492 e. The number of nitrogens with one attached hydrogen (secondary N) is 1. The number of nitrogens with zero attached hydrogens (tertiary/aromatic N) is 1. The number of hydrogen-bond donors (Lipinski definition) is 1. The van der Waals surface area contributed by atoms with E-state index in [1.165, 1.54) is 26.2 Å². The molecule has 2 aromatic rings. The van der Waals surface area contributed by atoms with E-state index in [0.29, 0.717) is 28.8 Å². The third-order valence-corrected chi connectivity index (χ3v) is 6.89. The zero-order valence-electron chi connectivity index (χ0n) is 16.5. The molecule has 1 unspecified atom stereocenters. The smallest absolute Gasteiger partial charge is 0.242 e. The molecule has 1 N–H and O–H groups in total. The van der Waals surface area contributed by atoms with Gasteiger partial charge >= 0.3 is 0 Å². The van der Waals surface area contributed by atoms with Gasteiger partial charge < -0.3 is 10.1 Å². The van der Waals surface area contributed by atoms with Crippen LogP contribution >= 0.6 is 23.2 Å². The number of halogens is 2. The number of carbonyl (C=O) groups excluding carboxylic acids is 1. The van der Waals surface area contributed by atoms with Crippen LogP contribution in [-0.2, 0) is 14.8 Å². The fraction of sp³-hybridized carbons (Fsp3) is 0.350. The molecule has 0 bridgehead atoms. The predicted molar refractivity (Wildman–Crippen MR) is 115 cm³/mol. The van der Waals surface area contributed by atoms with Gasteiger partial charge in [0.05, 0.1) is 22.6 Å². The number of sulfonamides is 1. The summed E-state index contributed by atoms with van der Waals surface area (Å²) in [7, 11) is -0.507. The van der Waals surface area contributed by atoms with Gasteiger partial charge in [-0.3, -0.25) is 4.79 Å². The topological polar surface area (TPSA) is 75.7 Å². The fourth-order valence-electron chi connectivity index (χ4n) is 2.55. The Bertz CT molecular complexity index is 947. The quantitative estimate of drug-likeness (QED) is 0.568. The summed E-state index contributed by atoms with van der Waals surface area (Å²) < 4.78 is 30.9. The molecule has 2 aromatic carbocycles. The Morgan fingerprint density at radius 2 is 1.79 bits per heavy atom. The Hall–Kier alpha value is -1.80. The molecule has 0 saturated heterocycles. The van der Waals surface area contributed by atoms with Crippen molar-refractivity contribution in [1.29, 1.82) is 0 Å². The maximum absolute atomic E-state index is 12.2. The molecule has 0 spiro atoms. The Kier molecular flexibility index (Phi) is 8.34. The monoisotopic (exact) mass is 458 g/mol. The van der Waals surface area contributed by atoms with E-state index in [9.17, 15) is 13.2 Å². The van der Waals surface area contributed by atoms with E-state index < -0.39 is 10.0 Å². The molecule has 0 saturated carbocycles. The molecule has 0 heterocycles. The van der Waals surface area contributed by atoms with Crippen LogP contribution in [0.3, 0.4) is 0 Å². The lowest BCUT2D eigenvalue weighted by atomic mass is 10.1. The van der Waals surface area contributed by atoms with Crippen LogP contribution in [0.1, 0.15) is 31.4 Å². The van der Waals surface area contributed by atoms with E-state index >= 15 is 0 Å². The fourth-order valence-corrected chi connectivity index (χ4v) is 3.79. The molecule has 158 valence electrons. The van der Waals surface area contributed by atoms with Crippen LogP contribution in [0.4, 0.5) is 0 Å². The molecular formula is C20H24Cl2N2O4S. The van der Waals surface area contributed by atoms with E-state index in [4.69, 9.17) is 27.9 Å². The lowest BCUT2D eigenvalue weighted by molar-refractivity contribution is -0.121. The minimum atomic E-state index is -3.47. The van der Waals surface area contributed by atoms with Gasteiger partial charge in [0.25, 0.3) is 0 Å². The SMILES string of the molecule is CC(NC(=O)CCCOc1cccc(Cl)c1Cl)c1ccc(S(=O)(=O)N(C)C)cc1. The van der Waals surface area contributed by atoms with Crippen LogP contribution in [0.25, 0.3) is 0 Å². The third-order valence-electron chi connectivity index (χ3n) is 4.26. The Balaban J connectivity index is 1.82. The first kappa shape index (κ1) is 23.5. The lowest BCUT2D eigenvalue weighted by Gasteiger charge is -2.16. The number of rotatable bonds is 9. The first-order chi connectivity index (χ1) is 13.6. The van der Waals surface area contributed by atoms with Gasteiger partial charge in [0.15, 0.2) is 0 Å². The number of hydrogen-bond acceptors (Lipinski definition) is 4. The third kappa shape index (κ3) is 6.34. The first-order valence-electron chi connectivity index (χ1n) is 9.01. The van der Waals surface area contributed by atoms with Crippen molar-refractivity contribution in [3.8, 4) is 5.75 Å². The van der Waals surface area contributed by atoms with E-state index in [0.717, 1.165) is 9.87 Å². The van der Waals surface area contributed by atoms with Crippen LogP contribution in [0.2, 0.25) is 10.0 Å². The highest BCUT2D eigenvalue weighted by Crippen LogP contribution is 2.31. The second-order valence-electron chi connectivity index (χ2n) is 6.65. The Morgan fingerprint density at radius 1 is 1.14 bits per heavy atom. The zero-order valence-corrected chi connectivity index (χ0v) is 18.8. The summed E-state index contributed by atoms with van der Waals surface area (Å²) in [5, 5.41) is 3.67. The van der Waals surface area contributed by atoms with Gasteiger partial charge in [-0.05, 0) is 43.2 Å². The molecule has 6 nitrogen and oxygen atoms in total. The van der Waals surface area contributed by atoms with Gasteiger partial charge in [-0.1, -0.05) is 41.4 Å². The van der Waals surface area contributed by atoms with Gasteiger partial charge in [0.2, 0.25) is 15.9 Å². The van der Waals surface area contributed by atoms with Crippen molar-refractivity contribution >= 4 is 39.1 Å². The highest BCUT2D eigenvalue weighted by Gasteiger charge is 2.17. The first-order valence-corrected chi connectivity index (χ1v) is 11.2. The average molecular weight is 459 g/mol. The van der Waals surface area contributed by atoms with Gasteiger partial charge in [-0.15, -0.1) is 0 Å². The number of benzene rings is 2. The van der Waals surface area contributed by atoms with Crippen LogP contribution in [0.15, 0.2) is 47.4 Å². The standard InChI is InChI=1S/C20H24Cl2N2O4S/c1-14(15-9-11-16(12-10-15)29(26,27)24(2)3)23-19(25)8-5-13-28-18-7-4-6-17(21)20(18)22/h4,6-7,9-12,14H,5,8,13H2,1-3H3,(H,23,25). The molecule has 9 heteroatoms.